The van der Waals surface area contributed by atoms with Gasteiger partial charge in [0.15, 0.2) is 0 Å². The Morgan fingerprint density at radius 1 is 1.10 bits per heavy atom. The second kappa shape index (κ2) is 8.36. The van der Waals surface area contributed by atoms with Crippen LogP contribution in [0.25, 0.3) is 0 Å². The van der Waals surface area contributed by atoms with Gasteiger partial charge in [-0.15, -0.1) is 11.3 Å². The van der Waals surface area contributed by atoms with Crippen LogP contribution in [-0.2, 0) is 12.7 Å². The van der Waals surface area contributed by atoms with Crippen molar-refractivity contribution in [2.75, 3.05) is 5.32 Å². The third kappa shape index (κ3) is 4.75. The number of amides is 2. The summed E-state index contributed by atoms with van der Waals surface area (Å²) in [6.45, 7) is 0.935. The Bertz CT molecular complexity index is 826. The highest BCUT2D eigenvalue weighted by Gasteiger charge is 2.39. The number of rotatable bonds is 4. The topological polar surface area (TPSA) is 44.4 Å². The van der Waals surface area contributed by atoms with Gasteiger partial charge in [-0.25, -0.2) is 4.79 Å². The van der Waals surface area contributed by atoms with Crippen LogP contribution in [0.2, 0.25) is 0 Å². The molecule has 8 heteroatoms. The Kier molecular flexibility index (Phi) is 5.83. The number of fused-ring (bicyclic) bond motifs is 2. The molecule has 1 aromatic carbocycles. The number of hydrogen-bond acceptors (Lipinski definition) is 3. The summed E-state index contributed by atoms with van der Waals surface area (Å²) in [5.41, 5.74) is -1.05. The summed E-state index contributed by atoms with van der Waals surface area (Å²) < 4.78 is 39.4. The minimum Gasteiger partial charge on any atom is -0.335 e. The Labute approximate surface area is 172 Å². The summed E-state index contributed by atoms with van der Waals surface area (Å²) in [5, 5.41) is 7.39. The molecular weight excluding hydrogens is 399 g/mol. The molecule has 2 aliphatic heterocycles. The first-order chi connectivity index (χ1) is 13.9. The molecule has 2 aliphatic rings. The lowest BCUT2D eigenvalue weighted by Gasteiger charge is -2.49. The smallest absolute Gasteiger partial charge is 0.335 e. The lowest BCUT2D eigenvalue weighted by Crippen LogP contribution is -2.56. The Morgan fingerprint density at radius 3 is 2.48 bits per heavy atom. The number of nitrogens with one attached hydrogen (secondary N) is 2. The largest absolute Gasteiger partial charge is 0.418 e. The maximum atomic E-state index is 13.1. The van der Waals surface area contributed by atoms with E-state index in [2.05, 4.69) is 33.0 Å². The summed E-state index contributed by atoms with van der Waals surface area (Å²) >= 11 is 1.76. The third-order valence-corrected chi connectivity index (χ3v) is 6.72. The first-order valence-electron chi connectivity index (χ1n) is 9.92. The third-order valence-electron chi connectivity index (χ3n) is 5.86. The molecule has 3 heterocycles. The molecule has 2 unspecified atom stereocenters. The monoisotopic (exact) mass is 423 g/mol. The van der Waals surface area contributed by atoms with E-state index in [0.717, 1.165) is 38.3 Å². The molecule has 4 rings (SSSR count). The quantitative estimate of drug-likeness (QED) is 0.685. The highest BCUT2D eigenvalue weighted by Crippen LogP contribution is 2.36. The van der Waals surface area contributed by atoms with Gasteiger partial charge in [-0.3, -0.25) is 4.90 Å². The number of benzene rings is 1. The van der Waals surface area contributed by atoms with E-state index in [1.807, 2.05) is 0 Å². The van der Waals surface area contributed by atoms with Gasteiger partial charge in [-0.2, -0.15) is 13.2 Å². The molecule has 2 N–H and O–H groups in total. The highest BCUT2D eigenvalue weighted by molar-refractivity contribution is 7.09. The number of hydrogen-bond donors (Lipinski definition) is 2. The summed E-state index contributed by atoms with van der Waals surface area (Å²) in [6.07, 6.45) is 0.533. The number of carbonyl (C=O) groups excluding carboxylic acids is 1. The van der Waals surface area contributed by atoms with Crippen molar-refractivity contribution >= 4 is 23.1 Å². The van der Waals surface area contributed by atoms with Crippen molar-refractivity contribution in [1.82, 2.24) is 10.2 Å². The molecule has 2 fully saturated rings. The van der Waals surface area contributed by atoms with Crippen LogP contribution in [-0.4, -0.2) is 29.1 Å². The van der Waals surface area contributed by atoms with Crippen molar-refractivity contribution in [3.8, 4) is 0 Å². The average Bonchev–Trinajstić information content (AvgIpc) is 3.15. The number of halogens is 3. The summed E-state index contributed by atoms with van der Waals surface area (Å²) in [6, 6.07) is 9.47. The molecule has 29 heavy (non-hydrogen) atoms. The maximum absolute atomic E-state index is 13.1. The number of nitrogens with zero attached hydrogens (tertiary/aromatic N) is 1. The SMILES string of the molecule is O=C(Nc1ccccc1C(F)(F)F)NC1CC2CCCC(C1)N2Cc1cccs1. The lowest BCUT2D eigenvalue weighted by atomic mass is 9.81. The van der Waals surface area contributed by atoms with E-state index in [0.29, 0.717) is 12.1 Å². The first-order valence-corrected chi connectivity index (χ1v) is 10.8. The normalized spacial score (nSPS) is 24.9. The zero-order valence-corrected chi connectivity index (χ0v) is 16.7. The second-order valence-electron chi connectivity index (χ2n) is 7.80. The van der Waals surface area contributed by atoms with Crippen molar-refractivity contribution in [1.29, 1.82) is 0 Å². The van der Waals surface area contributed by atoms with Crippen LogP contribution in [0.3, 0.4) is 0 Å². The number of thiophene rings is 1. The van der Waals surface area contributed by atoms with E-state index >= 15 is 0 Å². The molecular formula is C21H24F3N3OS. The fourth-order valence-corrected chi connectivity index (χ4v) is 5.33. The van der Waals surface area contributed by atoms with E-state index in [9.17, 15) is 18.0 Å². The molecule has 2 amide bonds. The van der Waals surface area contributed by atoms with E-state index in [-0.39, 0.29) is 11.7 Å². The Balaban J connectivity index is 1.38. The van der Waals surface area contributed by atoms with Crippen LogP contribution >= 0.6 is 11.3 Å². The predicted octanol–water partition coefficient (Wildman–Crippen LogP) is 5.47. The molecule has 2 atom stereocenters. The van der Waals surface area contributed by atoms with Crippen molar-refractivity contribution in [3.05, 3.63) is 52.2 Å². The van der Waals surface area contributed by atoms with Gasteiger partial charge in [-0.05, 0) is 49.3 Å². The van der Waals surface area contributed by atoms with Crippen LogP contribution < -0.4 is 10.6 Å². The van der Waals surface area contributed by atoms with E-state index in [4.69, 9.17) is 0 Å². The molecule has 1 aromatic heterocycles. The average molecular weight is 424 g/mol. The zero-order valence-electron chi connectivity index (χ0n) is 15.9. The standard InChI is InChI=1S/C21H24F3N3OS/c22-21(23,24)18-8-1-2-9-19(18)26-20(28)25-14-11-15-5-3-6-16(12-14)27(15)13-17-7-4-10-29-17/h1-2,4,7-10,14-16H,3,5-6,11-13H2,(H2,25,26,28). The molecule has 0 saturated carbocycles. The van der Waals surface area contributed by atoms with Gasteiger partial charge in [0.05, 0.1) is 11.3 Å². The van der Waals surface area contributed by atoms with Crippen molar-refractivity contribution < 1.29 is 18.0 Å². The van der Waals surface area contributed by atoms with Gasteiger partial charge >= 0.3 is 12.2 Å². The number of carbonyl (C=O) groups is 1. The fraction of sp³-hybridized carbons (Fsp3) is 0.476. The van der Waals surface area contributed by atoms with Gasteiger partial charge in [0.1, 0.15) is 0 Å². The van der Waals surface area contributed by atoms with E-state index in [1.165, 1.54) is 29.5 Å². The first kappa shape index (κ1) is 20.2. The predicted molar refractivity (Wildman–Crippen MR) is 108 cm³/mol. The van der Waals surface area contributed by atoms with Gasteiger partial charge < -0.3 is 10.6 Å². The van der Waals surface area contributed by atoms with Crippen molar-refractivity contribution in [3.63, 3.8) is 0 Å². The maximum Gasteiger partial charge on any atom is 0.418 e. The van der Waals surface area contributed by atoms with Crippen LogP contribution in [0, 0.1) is 0 Å². The van der Waals surface area contributed by atoms with Crippen molar-refractivity contribution in [2.24, 2.45) is 0 Å². The number of piperidine rings is 2. The molecule has 0 spiro atoms. The second-order valence-corrected chi connectivity index (χ2v) is 8.83. The van der Waals surface area contributed by atoms with Gasteiger partial charge in [0, 0.05) is 29.5 Å². The van der Waals surface area contributed by atoms with E-state index < -0.39 is 17.8 Å². The van der Waals surface area contributed by atoms with Gasteiger partial charge in [-0.1, -0.05) is 24.6 Å². The Morgan fingerprint density at radius 2 is 1.83 bits per heavy atom. The summed E-state index contributed by atoms with van der Waals surface area (Å²) in [5.74, 6) is 0. The molecule has 0 aliphatic carbocycles. The summed E-state index contributed by atoms with van der Waals surface area (Å²) in [7, 11) is 0. The van der Waals surface area contributed by atoms with Crippen LogP contribution in [0.1, 0.15) is 42.5 Å². The molecule has 2 aromatic rings. The number of anilines is 1. The molecule has 4 nitrogen and oxygen atoms in total. The molecule has 2 saturated heterocycles. The number of para-hydroxylation sites is 1. The minimum absolute atomic E-state index is 0.0251. The van der Waals surface area contributed by atoms with Gasteiger partial charge in [0.25, 0.3) is 0 Å². The van der Waals surface area contributed by atoms with Crippen LogP contribution in [0.4, 0.5) is 23.7 Å². The molecule has 0 radical (unpaired) electrons. The van der Waals surface area contributed by atoms with Crippen LogP contribution in [0.5, 0.6) is 0 Å². The minimum atomic E-state index is -4.51. The zero-order chi connectivity index (χ0) is 20.4. The fourth-order valence-electron chi connectivity index (χ4n) is 4.62. The lowest BCUT2D eigenvalue weighted by molar-refractivity contribution is -0.136. The number of urea groups is 1. The highest BCUT2D eigenvalue weighted by atomic mass is 32.1. The van der Waals surface area contributed by atoms with Crippen LogP contribution in [0.15, 0.2) is 41.8 Å². The summed E-state index contributed by atoms with van der Waals surface area (Å²) in [4.78, 5) is 16.3. The van der Waals surface area contributed by atoms with Gasteiger partial charge in [0.2, 0.25) is 0 Å². The molecule has 2 bridgehead atoms. The molecule has 156 valence electrons. The van der Waals surface area contributed by atoms with E-state index in [1.54, 1.807) is 11.3 Å². The van der Waals surface area contributed by atoms with Crippen molar-refractivity contribution in [2.45, 2.75) is 63.0 Å². The Hall–Kier alpha value is -2.06. The number of alkyl halides is 3.